The average molecular weight is 411 g/mol. The fraction of sp³-hybridized carbons (Fsp3) is 1.00. The number of nitrogens with zero attached hydrogens (tertiary/aromatic N) is 1. The molecule has 0 saturated carbocycles. The third-order valence-corrected chi connectivity index (χ3v) is 6.87. The summed E-state index contributed by atoms with van der Waals surface area (Å²) in [6.07, 6.45) is 30.4. The van der Waals surface area contributed by atoms with E-state index in [0.29, 0.717) is 0 Å². The molecule has 0 aromatic carbocycles. The SMILES string of the molecule is CCCCCCCCCCCC[N+](C)(CCC)CCCCCCCCCCCC. The van der Waals surface area contributed by atoms with E-state index < -0.39 is 0 Å². The Morgan fingerprint density at radius 2 is 0.586 bits per heavy atom. The van der Waals surface area contributed by atoms with Gasteiger partial charge in [-0.2, -0.15) is 0 Å². The van der Waals surface area contributed by atoms with Crippen molar-refractivity contribution in [2.75, 3.05) is 26.7 Å². The lowest BCUT2D eigenvalue weighted by molar-refractivity contribution is -0.910. The minimum atomic E-state index is 1.34. The molecular weight excluding hydrogens is 350 g/mol. The molecule has 0 aromatic rings. The van der Waals surface area contributed by atoms with E-state index in [1.165, 1.54) is 159 Å². The van der Waals surface area contributed by atoms with Gasteiger partial charge >= 0.3 is 0 Å². The first-order valence-electron chi connectivity index (χ1n) is 14.0. The van der Waals surface area contributed by atoms with Gasteiger partial charge in [-0.05, 0) is 32.1 Å². The first-order chi connectivity index (χ1) is 14.2. The van der Waals surface area contributed by atoms with E-state index in [9.17, 15) is 0 Å². The van der Waals surface area contributed by atoms with Crippen molar-refractivity contribution in [1.29, 1.82) is 0 Å². The molecule has 0 heterocycles. The maximum atomic E-state index is 2.53. The second-order valence-corrected chi connectivity index (χ2v) is 10.2. The van der Waals surface area contributed by atoms with Gasteiger partial charge in [-0.1, -0.05) is 124 Å². The van der Waals surface area contributed by atoms with Gasteiger partial charge in [0.25, 0.3) is 0 Å². The van der Waals surface area contributed by atoms with Gasteiger partial charge in [-0.3, -0.25) is 0 Å². The molecule has 1 heteroatoms. The van der Waals surface area contributed by atoms with E-state index in [-0.39, 0.29) is 0 Å². The summed E-state index contributed by atoms with van der Waals surface area (Å²) in [5.41, 5.74) is 0. The molecule has 0 saturated heterocycles. The molecule has 0 bridgehead atoms. The molecular formula is C28H60N+. The second-order valence-electron chi connectivity index (χ2n) is 10.2. The Kier molecular flexibility index (Phi) is 22.6. The molecule has 0 aliphatic carbocycles. The molecule has 0 aliphatic heterocycles. The van der Waals surface area contributed by atoms with Crippen LogP contribution in [0.3, 0.4) is 0 Å². The summed E-state index contributed by atoms with van der Waals surface area (Å²) in [6, 6.07) is 0. The number of hydrogen-bond acceptors (Lipinski definition) is 0. The van der Waals surface area contributed by atoms with Crippen LogP contribution in [0.1, 0.15) is 156 Å². The van der Waals surface area contributed by atoms with Crippen LogP contribution in [0, 0.1) is 0 Å². The summed E-state index contributed by atoms with van der Waals surface area (Å²) in [6.45, 7) is 11.2. The zero-order valence-electron chi connectivity index (χ0n) is 21.4. The highest BCUT2D eigenvalue weighted by atomic mass is 15.3. The van der Waals surface area contributed by atoms with Crippen LogP contribution in [0.4, 0.5) is 0 Å². The number of rotatable bonds is 24. The van der Waals surface area contributed by atoms with Crippen molar-refractivity contribution in [2.24, 2.45) is 0 Å². The Morgan fingerprint density at radius 1 is 0.310 bits per heavy atom. The van der Waals surface area contributed by atoms with E-state index in [2.05, 4.69) is 27.8 Å². The van der Waals surface area contributed by atoms with Gasteiger partial charge in [0.1, 0.15) is 0 Å². The van der Waals surface area contributed by atoms with Crippen LogP contribution in [0.2, 0.25) is 0 Å². The predicted octanol–water partition coefficient (Wildman–Crippen LogP) is 9.68. The zero-order chi connectivity index (χ0) is 21.5. The molecule has 1 nitrogen and oxygen atoms in total. The Hall–Kier alpha value is -0.0400. The maximum Gasteiger partial charge on any atom is 0.0784 e. The van der Waals surface area contributed by atoms with E-state index in [1.807, 2.05) is 0 Å². The molecule has 0 aliphatic rings. The van der Waals surface area contributed by atoms with Crippen LogP contribution < -0.4 is 0 Å². The summed E-state index contributed by atoms with van der Waals surface area (Å²) in [5, 5.41) is 0. The molecule has 0 unspecified atom stereocenters. The van der Waals surface area contributed by atoms with Gasteiger partial charge in [0.15, 0.2) is 0 Å². The van der Waals surface area contributed by atoms with Crippen molar-refractivity contribution in [3.05, 3.63) is 0 Å². The molecule has 0 radical (unpaired) electrons. The van der Waals surface area contributed by atoms with E-state index in [0.717, 1.165) is 0 Å². The van der Waals surface area contributed by atoms with Crippen LogP contribution in [-0.4, -0.2) is 31.2 Å². The van der Waals surface area contributed by atoms with Gasteiger partial charge in [0.05, 0.1) is 26.7 Å². The zero-order valence-corrected chi connectivity index (χ0v) is 21.4. The number of quaternary nitrogens is 1. The first-order valence-corrected chi connectivity index (χ1v) is 14.0. The second kappa shape index (κ2) is 22.6. The quantitative estimate of drug-likeness (QED) is 0.110. The summed E-state index contributed by atoms with van der Waals surface area (Å²) < 4.78 is 1.34. The van der Waals surface area contributed by atoms with Crippen molar-refractivity contribution in [1.82, 2.24) is 0 Å². The van der Waals surface area contributed by atoms with Crippen molar-refractivity contribution in [3.8, 4) is 0 Å². The van der Waals surface area contributed by atoms with E-state index >= 15 is 0 Å². The largest absolute Gasteiger partial charge is 0.326 e. The third kappa shape index (κ3) is 21.0. The van der Waals surface area contributed by atoms with E-state index in [4.69, 9.17) is 0 Å². The molecule has 0 fully saturated rings. The van der Waals surface area contributed by atoms with Gasteiger partial charge < -0.3 is 4.48 Å². The Balaban J connectivity index is 3.61. The average Bonchev–Trinajstić information content (AvgIpc) is 2.71. The van der Waals surface area contributed by atoms with Gasteiger partial charge in [0.2, 0.25) is 0 Å². The first kappa shape index (κ1) is 29.0. The van der Waals surface area contributed by atoms with Gasteiger partial charge in [0, 0.05) is 0 Å². The van der Waals surface area contributed by atoms with E-state index in [1.54, 1.807) is 0 Å². The minimum absolute atomic E-state index is 1.34. The lowest BCUT2D eigenvalue weighted by Crippen LogP contribution is -2.46. The number of unbranched alkanes of at least 4 members (excludes halogenated alkanes) is 18. The lowest BCUT2D eigenvalue weighted by atomic mass is 10.1. The topological polar surface area (TPSA) is 0 Å². The van der Waals surface area contributed by atoms with Crippen molar-refractivity contribution >= 4 is 0 Å². The summed E-state index contributed by atoms with van der Waals surface area (Å²) in [7, 11) is 2.53. The van der Waals surface area contributed by atoms with Crippen LogP contribution in [0.15, 0.2) is 0 Å². The fourth-order valence-electron chi connectivity index (χ4n) is 4.84. The summed E-state index contributed by atoms with van der Waals surface area (Å²) in [4.78, 5) is 0. The minimum Gasteiger partial charge on any atom is -0.326 e. The highest BCUT2D eigenvalue weighted by Crippen LogP contribution is 2.16. The molecule has 0 aromatic heterocycles. The molecule has 0 amide bonds. The Morgan fingerprint density at radius 3 is 0.862 bits per heavy atom. The monoisotopic (exact) mass is 410 g/mol. The van der Waals surface area contributed by atoms with Crippen molar-refractivity contribution < 1.29 is 4.48 Å². The summed E-state index contributed by atoms with van der Waals surface area (Å²) >= 11 is 0. The molecule has 0 N–H and O–H groups in total. The third-order valence-electron chi connectivity index (χ3n) is 6.87. The Bertz CT molecular complexity index is 275. The Labute approximate surface area is 187 Å². The van der Waals surface area contributed by atoms with Crippen molar-refractivity contribution in [2.45, 2.75) is 156 Å². The van der Waals surface area contributed by atoms with Gasteiger partial charge in [-0.15, -0.1) is 0 Å². The van der Waals surface area contributed by atoms with Crippen LogP contribution in [0.25, 0.3) is 0 Å². The normalized spacial score (nSPS) is 12.0. The summed E-state index contributed by atoms with van der Waals surface area (Å²) in [5.74, 6) is 0. The molecule has 0 spiro atoms. The smallest absolute Gasteiger partial charge is 0.0784 e. The highest BCUT2D eigenvalue weighted by Gasteiger charge is 2.19. The van der Waals surface area contributed by atoms with Crippen LogP contribution in [-0.2, 0) is 0 Å². The lowest BCUT2D eigenvalue weighted by Gasteiger charge is -2.34. The number of hydrogen-bond donors (Lipinski definition) is 0. The molecule has 29 heavy (non-hydrogen) atoms. The standard InChI is InChI=1S/C28H60N/c1-5-8-10-12-14-16-18-20-22-24-27-29(4,26-7-3)28-25-23-21-19-17-15-13-11-9-6-2/h5-28H2,1-4H3/q+1. The predicted molar refractivity (Wildman–Crippen MR) is 135 cm³/mol. The van der Waals surface area contributed by atoms with Crippen LogP contribution >= 0.6 is 0 Å². The fourth-order valence-corrected chi connectivity index (χ4v) is 4.84. The molecule has 0 atom stereocenters. The van der Waals surface area contributed by atoms with Crippen molar-refractivity contribution in [3.63, 3.8) is 0 Å². The molecule has 0 rings (SSSR count). The van der Waals surface area contributed by atoms with Crippen LogP contribution in [0.5, 0.6) is 0 Å². The maximum absolute atomic E-state index is 2.53. The molecule has 176 valence electrons. The van der Waals surface area contributed by atoms with Gasteiger partial charge in [-0.25, -0.2) is 0 Å². The highest BCUT2D eigenvalue weighted by molar-refractivity contribution is 4.51.